The summed E-state index contributed by atoms with van der Waals surface area (Å²) < 4.78 is 8.18. The topological polar surface area (TPSA) is 34.5 Å². The van der Waals surface area contributed by atoms with Gasteiger partial charge in [-0.05, 0) is 39.2 Å². The van der Waals surface area contributed by atoms with Crippen molar-refractivity contribution >= 4 is 34.1 Å². The van der Waals surface area contributed by atoms with E-state index in [0.717, 1.165) is 53.9 Å². The van der Waals surface area contributed by atoms with E-state index in [1.807, 2.05) is 13.0 Å². The minimum Gasteiger partial charge on any atom is -0.385 e. The van der Waals surface area contributed by atoms with Crippen molar-refractivity contribution in [2.45, 2.75) is 39.7 Å². The highest BCUT2D eigenvalue weighted by Gasteiger charge is 2.19. The van der Waals surface area contributed by atoms with Crippen LogP contribution in [0.5, 0.6) is 0 Å². The Kier molecular flexibility index (Phi) is 7.11. The zero-order chi connectivity index (χ0) is 16.8. The molecule has 1 aromatic heterocycles. The van der Waals surface area contributed by atoms with E-state index < -0.39 is 0 Å². The first-order valence-electron chi connectivity index (χ1n) is 8.15. The predicted octanol–water partition coefficient (Wildman–Crippen LogP) is 3.44. The highest BCUT2D eigenvalue weighted by Crippen LogP contribution is 2.21. The van der Waals surface area contributed by atoms with Crippen LogP contribution in [0.3, 0.4) is 0 Å². The zero-order valence-corrected chi connectivity index (χ0v) is 15.9. The summed E-state index contributed by atoms with van der Waals surface area (Å²) in [6.45, 7) is 7.77. The van der Waals surface area contributed by atoms with Crippen LogP contribution in [0.25, 0.3) is 0 Å². The molecule has 1 aliphatic heterocycles. The third-order valence-electron chi connectivity index (χ3n) is 4.30. The van der Waals surface area contributed by atoms with E-state index in [9.17, 15) is 4.79 Å². The first-order valence-corrected chi connectivity index (χ1v) is 9.54. The lowest BCUT2D eigenvalue weighted by molar-refractivity contribution is 0.102. The Bertz CT molecular complexity index is 563. The maximum atomic E-state index is 12.5. The van der Waals surface area contributed by atoms with E-state index in [4.69, 9.17) is 17.0 Å². The molecule has 0 aliphatic carbocycles. The molecule has 0 radical (unpaired) electrons. The number of aryl methyl sites for hydroxylation is 1. The van der Waals surface area contributed by atoms with Crippen molar-refractivity contribution in [2.24, 2.45) is 0 Å². The minimum atomic E-state index is 0.169. The van der Waals surface area contributed by atoms with Gasteiger partial charge in [0.25, 0.3) is 0 Å². The van der Waals surface area contributed by atoms with Crippen LogP contribution >= 0.6 is 24.0 Å². The molecule has 0 spiro atoms. The summed E-state index contributed by atoms with van der Waals surface area (Å²) >= 11 is 6.93. The Morgan fingerprint density at radius 1 is 1.35 bits per heavy atom. The number of thiocarbonyl (C=S) groups is 1. The first-order chi connectivity index (χ1) is 11.0. The molecule has 1 fully saturated rings. The number of carbonyl (C=O) groups is 1. The summed E-state index contributed by atoms with van der Waals surface area (Å²) in [5.41, 5.74) is 3.02. The first kappa shape index (κ1) is 18.5. The summed E-state index contributed by atoms with van der Waals surface area (Å²) in [5.74, 6) is 0.597. The van der Waals surface area contributed by atoms with Crippen molar-refractivity contribution in [3.63, 3.8) is 0 Å². The van der Waals surface area contributed by atoms with Crippen LogP contribution in [-0.4, -0.2) is 52.1 Å². The van der Waals surface area contributed by atoms with Crippen molar-refractivity contribution in [1.29, 1.82) is 0 Å². The van der Waals surface area contributed by atoms with Gasteiger partial charge in [-0.3, -0.25) is 4.79 Å². The Labute approximate surface area is 148 Å². The molecule has 0 amide bonds. The number of carbonyl (C=O) groups excluding carboxylic acids is 1. The van der Waals surface area contributed by atoms with Gasteiger partial charge in [0.15, 0.2) is 5.78 Å². The van der Waals surface area contributed by atoms with Gasteiger partial charge in [0.05, 0.1) is 5.75 Å². The molecule has 0 aromatic carbocycles. The van der Waals surface area contributed by atoms with E-state index in [0.29, 0.717) is 5.75 Å². The van der Waals surface area contributed by atoms with Crippen LogP contribution in [0.1, 0.15) is 41.0 Å². The lowest BCUT2D eigenvalue weighted by Crippen LogP contribution is -2.24. The fourth-order valence-corrected chi connectivity index (χ4v) is 4.13. The number of hydrogen-bond donors (Lipinski definition) is 0. The number of thioether (sulfide) groups is 1. The van der Waals surface area contributed by atoms with Crippen molar-refractivity contribution in [3.05, 3.63) is 23.0 Å². The standard InChI is InChI=1S/C17H26N2O2S2/c1-13-11-15(14(2)19(13)9-6-10-21-3)16(20)12-23-17(22)18-7-4-5-8-18/h11H,4-10,12H2,1-3H3. The van der Waals surface area contributed by atoms with Gasteiger partial charge >= 0.3 is 0 Å². The van der Waals surface area contributed by atoms with E-state index in [1.54, 1.807) is 7.11 Å². The number of methoxy groups -OCH3 is 1. The largest absolute Gasteiger partial charge is 0.385 e. The number of ketones is 1. The number of Topliss-reactive ketones (excluding diaryl/α,β-unsaturated/α-hetero) is 1. The molecule has 0 saturated carbocycles. The number of likely N-dealkylation sites (tertiary alicyclic amines) is 1. The molecule has 0 bridgehead atoms. The zero-order valence-electron chi connectivity index (χ0n) is 14.3. The second-order valence-corrected chi connectivity index (χ2v) is 7.56. The molecule has 2 heterocycles. The van der Waals surface area contributed by atoms with Crippen molar-refractivity contribution in [3.8, 4) is 0 Å². The summed E-state index contributed by atoms with van der Waals surface area (Å²) in [5, 5.41) is 0. The molecule has 128 valence electrons. The lowest BCUT2D eigenvalue weighted by Gasteiger charge is -2.17. The third kappa shape index (κ3) is 4.81. The Morgan fingerprint density at radius 2 is 2.04 bits per heavy atom. The smallest absolute Gasteiger partial charge is 0.174 e. The molecule has 0 atom stereocenters. The van der Waals surface area contributed by atoms with Crippen LogP contribution in [0.4, 0.5) is 0 Å². The summed E-state index contributed by atoms with van der Waals surface area (Å²) in [7, 11) is 1.71. The Balaban J connectivity index is 1.93. The molecule has 1 aliphatic rings. The quantitative estimate of drug-likeness (QED) is 0.426. The SMILES string of the molecule is COCCCn1c(C)cc(C(=O)CSC(=S)N2CCCC2)c1C. The van der Waals surface area contributed by atoms with Crippen LogP contribution in [0.15, 0.2) is 6.07 Å². The molecule has 23 heavy (non-hydrogen) atoms. The molecule has 6 heteroatoms. The molecule has 4 nitrogen and oxygen atoms in total. The van der Waals surface area contributed by atoms with Gasteiger partial charge in [0, 0.05) is 50.3 Å². The maximum absolute atomic E-state index is 12.5. The summed E-state index contributed by atoms with van der Waals surface area (Å²) in [4.78, 5) is 14.8. The third-order valence-corrected chi connectivity index (χ3v) is 5.82. The van der Waals surface area contributed by atoms with E-state index in [1.165, 1.54) is 24.6 Å². The second-order valence-electron chi connectivity index (χ2n) is 5.95. The highest BCUT2D eigenvalue weighted by atomic mass is 32.2. The summed E-state index contributed by atoms with van der Waals surface area (Å²) in [6, 6.07) is 2.00. The minimum absolute atomic E-state index is 0.169. The normalized spacial score (nSPS) is 14.5. The van der Waals surface area contributed by atoms with Gasteiger partial charge in [0.1, 0.15) is 4.32 Å². The van der Waals surface area contributed by atoms with Crippen molar-refractivity contribution in [2.75, 3.05) is 32.6 Å². The molecule has 0 unspecified atom stereocenters. The molecule has 2 rings (SSSR count). The second kappa shape index (κ2) is 8.85. The average Bonchev–Trinajstić information content (AvgIpc) is 3.16. The Morgan fingerprint density at radius 3 is 2.70 bits per heavy atom. The lowest BCUT2D eigenvalue weighted by atomic mass is 10.2. The van der Waals surface area contributed by atoms with Crippen LogP contribution in [-0.2, 0) is 11.3 Å². The van der Waals surface area contributed by atoms with Crippen molar-refractivity contribution in [1.82, 2.24) is 9.47 Å². The van der Waals surface area contributed by atoms with Crippen LogP contribution in [0.2, 0.25) is 0 Å². The molecule has 1 saturated heterocycles. The Hall–Kier alpha value is -0.850. The van der Waals surface area contributed by atoms with Gasteiger partial charge in [-0.1, -0.05) is 24.0 Å². The van der Waals surface area contributed by atoms with Crippen LogP contribution in [0, 0.1) is 13.8 Å². The van der Waals surface area contributed by atoms with Gasteiger partial charge < -0.3 is 14.2 Å². The average molecular weight is 355 g/mol. The fraction of sp³-hybridized carbons (Fsp3) is 0.647. The molecule has 1 aromatic rings. The summed E-state index contributed by atoms with van der Waals surface area (Å²) in [6.07, 6.45) is 3.36. The number of rotatable bonds is 7. The maximum Gasteiger partial charge on any atom is 0.174 e. The van der Waals surface area contributed by atoms with Gasteiger partial charge in [-0.15, -0.1) is 0 Å². The highest BCUT2D eigenvalue weighted by molar-refractivity contribution is 8.23. The van der Waals surface area contributed by atoms with Crippen molar-refractivity contribution < 1.29 is 9.53 Å². The number of nitrogens with zero attached hydrogens (tertiary/aromatic N) is 2. The van der Waals surface area contributed by atoms with Gasteiger partial charge in [-0.2, -0.15) is 0 Å². The van der Waals surface area contributed by atoms with Gasteiger partial charge in [-0.25, -0.2) is 0 Å². The number of ether oxygens (including phenoxy) is 1. The number of hydrogen-bond acceptors (Lipinski definition) is 4. The predicted molar refractivity (Wildman–Crippen MR) is 101 cm³/mol. The van der Waals surface area contributed by atoms with E-state index in [2.05, 4.69) is 16.4 Å². The monoisotopic (exact) mass is 354 g/mol. The van der Waals surface area contributed by atoms with E-state index >= 15 is 0 Å². The molecule has 0 N–H and O–H groups in total. The number of aromatic nitrogens is 1. The van der Waals surface area contributed by atoms with Gasteiger partial charge in [0.2, 0.25) is 0 Å². The van der Waals surface area contributed by atoms with E-state index in [-0.39, 0.29) is 5.78 Å². The molecular weight excluding hydrogens is 328 g/mol. The fourth-order valence-electron chi connectivity index (χ4n) is 2.99. The molecular formula is C17H26N2O2S2. The van der Waals surface area contributed by atoms with Crippen LogP contribution < -0.4 is 0 Å².